The Morgan fingerprint density at radius 1 is 1.03 bits per heavy atom. The van der Waals surface area contributed by atoms with Crippen LogP contribution in [0.1, 0.15) is 23.2 Å². The summed E-state index contributed by atoms with van der Waals surface area (Å²) >= 11 is 0. The lowest BCUT2D eigenvalue weighted by Gasteiger charge is -2.32. The van der Waals surface area contributed by atoms with Crippen LogP contribution in [0.2, 0.25) is 0 Å². The number of carbonyl (C=O) groups excluding carboxylic acids is 1. The van der Waals surface area contributed by atoms with Crippen LogP contribution in [0.15, 0.2) is 59.6 Å². The number of fused-ring (bicyclic) bond motifs is 1. The third kappa shape index (κ3) is 4.26. The fourth-order valence-corrected chi connectivity index (χ4v) is 5.55. The van der Waals surface area contributed by atoms with E-state index in [0.29, 0.717) is 53.9 Å². The lowest BCUT2D eigenvalue weighted by Crippen LogP contribution is -2.46. The standard InChI is InChI=1S/C23H25N3O5S/c1-30-18-7-5-16(6-8-18)23(27)25-17-11-14-26(15-12-17)32(28,29)21-10-9-20(31-2)22-19(21)4-3-13-24-22/h3-10,13,17H,11-12,14-15H2,1-2H3,(H,25,27). The second kappa shape index (κ2) is 9.13. The fourth-order valence-electron chi connectivity index (χ4n) is 3.90. The van der Waals surface area contributed by atoms with E-state index in [1.165, 1.54) is 11.4 Å². The third-order valence-electron chi connectivity index (χ3n) is 5.67. The SMILES string of the molecule is COc1ccc(C(=O)NC2CCN(S(=O)(=O)c3ccc(OC)c4ncccc34)CC2)cc1. The molecule has 0 spiro atoms. The Morgan fingerprint density at radius 3 is 2.41 bits per heavy atom. The first-order chi connectivity index (χ1) is 15.4. The summed E-state index contributed by atoms with van der Waals surface area (Å²) in [6.45, 7) is 0.646. The van der Waals surface area contributed by atoms with E-state index in [0.717, 1.165) is 0 Å². The quantitative estimate of drug-likeness (QED) is 0.614. The van der Waals surface area contributed by atoms with Gasteiger partial charge in [-0.05, 0) is 61.4 Å². The van der Waals surface area contributed by atoms with E-state index in [2.05, 4.69) is 10.3 Å². The van der Waals surface area contributed by atoms with Crippen molar-refractivity contribution in [3.8, 4) is 11.5 Å². The molecule has 0 unspecified atom stereocenters. The molecule has 1 amide bonds. The Bertz CT molecular complexity index is 1220. The average Bonchev–Trinajstić information content (AvgIpc) is 2.83. The van der Waals surface area contributed by atoms with Gasteiger partial charge in [-0.15, -0.1) is 0 Å². The number of methoxy groups -OCH3 is 2. The van der Waals surface area contributed by atoms with Crippen LogP contribution in [0.3, 0.4) is 0 Å². The van der Waals surface area contributed by atoms with Crippen LogP contribution >= 0.6 is 0 Å². The van der Waals surface area contributed by atoms with Crippen LogP contribution in [-0.4, -0.2) is 57.0 Å². The maximum Gasteiger partial charge on any atom is 0.251 e. The summed E-state index contributed by atoms with van der Waals surface area (Å²) in [5.74, 6) is 1.03. The van der Waals surface area contributed by atoms with Gasteiger partial charge in [0.05, 0.1) is 19.1 Å². The minimum atomic E-state index is -3.71. The van der Waals surface area contributed by atoms with Crippen LogP contribution < -0.4 is 14.8 Å². The van der Waals surface area contributed by atoms with Crippen LogP contribution in [0, 0.1) is 0 Å². The van der Waals surface area contributed by atoms with E-state index in [1.54, 1.807) is 61.8 Å². The van der Waals surface area contributed by atoms with Gasteiger partial charge in [0, 0.05) is 36.3 Å². The second-order valence-electron chi connectivity index (χ2n) is 7.55. The number of aromatic nitrogens is 1. The number of hydrogen-bond acceptors (Lipinski definition) is 6. The van der Waals surface area contributed by atoms with E-state index in [9.17, 15) is 13.2 Å². The van der Waals surface area contributed by atoms with Crippen molar-refractivity contribution in [3.63, 3.8) is 0 Å². The number of pyridine rings is 1. The molecular weight excluding hydrogens is 430 g/mol. The van der Waals surface area contributed by atoms with Crippen molar-refractivity contribution in [1.82, 2.24) is 14.6 Å². The summed E-state index contributed by atoms with van der Waals surface area (Å²) in [6.07, 6.45) is 2.68. The number of nitrogens with zero attached hydrogens (tertiary/aromatic N) is 2. The molecule has 0 atom stereocenters. The van der Waals surface area contributed by atoms with E-state index in [1.807, 2.05) is 0 Å². The summed E-state index contributed by atoms with van der Waals surface area (Å²) in [6, 6.07) is 13.4. The van der Waals surface area contributed by atoms with Crippen LogP contribution in [0.5, 0.6) is 11.5 Å². The highest BCUT2D eigenvalue weighted by molar-refractivity contribution is 7.89. The summed E-state index contributed by atoms with van der Waals surface area (Å²) < 4.78 is 38.6. The Labute approximate surface area is 187 Å². The molecule has 2 aromatic carbocycles. The molecule has 2 heterocycles. The van der Waals surface area contributed by atoms with Gasteiger partial charge in [-0.2, -0.15) is 4.31 Å². The van der Waals surface area contributed by atoms with Crippen molar-refractivity contribution in [2.45, 2.75) is 23.8 Å². The highest BCUT2D eigenvalue weighted by Crippen LogP contribution is 2.32. The summed E-state index contributed by atoms with van der Waals surface area (Å²) in [4.78, 5) is 17.0. The number of nitrogens with one attached hydrogen (secondary N) is 1. The predicted octanol–water partition coefficient (Wildman–Crippen LogP) is 2.84. The number of sulfonamides is 1. The number of carbonyl (C=O) groups is 1. The van der Waals surface area contributed by atoms with Gasteiger partial charge in [-0.25, -0.2) is 8.42 Å². The lowest BCUT2D eigenvalue weighted by atomic mass is 10.1. The molecule has 1 aliphatic rings. The highest BCUT2D eigenvalue weighted by atomic mass is 32.2. The third-order valence-corrected chi connectivity index (χ3v) is 7.63. The van der Waals surface area contributed by atoms with Crippen molar-refractivity contribution in [2.75, 3.05) is 27.3 Å². The summed E-state index contributed by atoms with van der Waals surface area (Å²) in [5, 5.41) is 3.53. The first-order valence-electron chi connectivity index (χ1n) is 10.3. The van der Waals surface area contributed by atoms with Gasteiger partial charge in [0.2, 0.25) is 10.0 Å². The van der Waals surface area contributed by atoms with Gasteiger partial charge in [0.1, 0.15) is 17.0 Å². The Hall–Kier alpha value is -3.17. The van der Waals surface area contributed by atoms with Gasteiger partial charge in [-0.3, -0.25) is 9.78 Å². The zero-order chi connectivity index (χ0) is 22.7. The van der Waals surface area contributed by atoms with Gasteiger partial charge < -0.3 is 14.8 Å². The minimum absolute atomic E-state index is 0.0923. The molecule has 1 aromatic heterocycles. The number of hydrogen-bond donors (Lipinski definition) is 1. The maximum absolute atomic E-state index is 13.4. The van der Waals surface area contributed by atoms with Gasteiger partial charge in [0.25, 0.3) is 5.91 Å². The molecule has 32 heavy (non-hydrogen) atoms. The van der Waals surface area contributed by atoms with Crippen LogP contribution in [-0.2, 0) is 10.0 Å². The summed E-state index contributed by atoms with van der Waals surface area (Å²) in [5.41, 5.74) is 1.05. The fraction of sp³-hybridized carbons (Fsp3) is 0.304. The molecule has 3 aromatic rings. The molecule has 1 saturated heterocycles. The number of amides is 1. The largest absolute Gasteiger partial charge is 0.497 e. The molecule has 4 rings (SSSR count). The van der Waals surface area contributed by atoms with Gasteiger partial charge >= 0.3 is 0 Å². The molecule has 0 radical (unpaired) electrons. The smallest absolute Gasteiger partial charge is 0.251 e. The molecule has 0 saturated carbocycles. The van der Waals surface area contributed by atoms with Crippen molar-refractivity contribution in [1.29, 1.82) is 0 Å². The zero-order valence-corrected chi connectivity index (χ0v) is 18.8. The van der Waals surface area contributed by atoms with E-state index in [4.69, 9.17) is 9.47 Å². The molecule has 0 aliphatic carbocycles. The molecule has 9 heteroatoms. The monoisotopic (exact) mass is 455 g/mol. The minimum Gasteiger partial charge on any atom is -0.497 e. The maximum atomic E-state index is 13.4. The number of ether oxygens (including phenoxy) is 2. The second-order valence-corrected chi connectivity index (χ2v) is 9.45. The Morgan fingerprint density at radius 2 is 1.75 bits per heavy atom. The molecular formula is C23H25N3O5S. The van der Waals surface area contributed by atoms with Gasteiger partial charge in [0.15, 0.2) is 0 Å². The number of rotatable bonds is 6. The van der Waals surface area contributed by atoms with E-state index >= 15 is 0 Å². The molecule has 168 valence electrons. The number of piperidine rings is 1. The first kappa shape index (κ1) is 22.0. The molecule has 1 N–H and O–H groups in total. The highest BCUT2D eigenvalue weighted by Gasteiger charge is 2.31. The van der Waals surface area contributed by atoms with Crippen LogP contribution in [0.4, 0.5) is 0 Å². The molecule has 0 bridgehead atoms. The van der Waals surface area contributed by atoms with E-state index < -0.39 is 10.0 Å². The average molecular weight is 456 g/mol. The van der Waals surface area contributed by atoms with Crippen molar-refractivity contribution in [3.05, 3.63) is 60.3 Å². The van der Waals surface area contributed by atoms with Crippen molar-refractivity contribution >= 4 is 26.8 Å². The summed E-state index contributed by atoms with van der Waals surface area (Å²) in [7, 11) is -0.612. The Balaban J connectivity index is 1.46. The zero-order valence-electron chi connectivity index (χ0n) is 17.9. The van der Waals surface area contributed by atoms with Crippen LogP contribution in [0.25, 0.3) is 10.9 Å². The molecule has 1 fully saturated rings. The topological polar surface area (TPSA) is 97.8 Å². The lowest BCUT2D eigenvalue weighted by molar-refractivity contribution is 0.0924. The van der Waals surface area contributed by atoms with Crippen molar-refractivity contribution in [2.24, 2.45) is 0 Å². The van der Waals surface area contributed by atoms with Gasteiger partial charge in [-0.1, -0.05) is 0 Å². The normalized spacial score (nSPS) is 15.4. The Kier molecular flexibility index (Phi) is 6.29. The number of benzene rings is 2. The van der Waals surface area contributed by atoms with E-state index in [-0.39, 0.29) is 16.8 Å². The molecule has 8 nitrogen and oxygen atoms in total. The molecule has 1 aliphatic heterocycles. The predicted molar refractivity (Wildman–Crippen MR) is 121 cm³/mol. The first-order valence-corrected chi connectivity index (χ1v) is 11.7. The van der Waals surface area contributed by atoms with Crippen molar-refractivity contribution < 1.29 is 22.7 Å².